The Kier molecular flexibility index (Phi) is 5.66. The minimum atomic E-state index is -2.17. The maximum atomic E-state index is 5.27. The first-order valence-electron chi connectivity index (χ1n) is 9.71. The summed E-state index contributed by atoms with van der Waals surface area (Å²) in [7, 11) is -2.17. The van der Waals surface area contributed by atoms with E-state index in [1.54, 1.807) is 11.3 Å². The average Bonchev–Trinajstić information content (AvgIpc) is 3.14. The van der Waals surface area contributed by atoms with E-state index < -0.39 is 7.26 Å². The molecule has 0 N–H and O–H groups in total. The molecular formula is C25H25NPS2+. The van der Waals surface area contributed by atoms with Gasteiger partial charge in [-0.2, -0.15) is 0 Å². The summed E-state index contributed by atoms with van der Waals surface area (Å²) >= 11 is 6.69. The molecule has 0 radical (unpaired) electrons. The number of rotatable bonds is 4. The quantitative estimate of drug-likeness (QED) is 0.338. The minimum absolute atomic E-state index is 0.0138. The number of nitrogens with zero attached hydrogens (tertiary/aromatic N) is 1. The second kappa shape index (κ2) is 8.07. The summed E-state index contributed by atoms with van der Waals surface area (Å²) in [6, 6.07) is 32.5. The molecule has 0 aliphatic heterocycles. The van der Waals surface area contributed by atoms with E-state index in [0.29, 0.717) is 0 Å². The molecular weight excluding hydrogens is 409 g/mol. The number of thiazole rings is 1. The monoisotopic (exact) mass is 434 g/mol. The Balaban J connectivity index is 2.14. The van der Waals surface area contributed by atoms with Crippen molar-refractivity contribution in [2.24, 2.45) is 0 Å². The van der Waals surface area contributed by atoms with Crippen molar-refractivity contribution in [3.05, 3.63) is 96.0 Å². The maximum Gasteiger partial charge on any atom is 0.222 e. The summed E-state index contributed by atoms with van der Waals surface area (Å²) in [5.74, 6) is 0. The minimum Gasteiger partial charge on any atom is -0.204 e. The van der Waals surface area contributed by atoms with Crippen molar-refractivity contribution >= 4 is 52.6 Å². The van der Waals surface area contributed by atoms with Crippen LogP contribution in [-0.4, -0.2) is 4.98 Å². The smallest absolute Gasteiger partial charge is 0.204 e. The Morgan fingerprint density at radius 1 is 0.690 bits per heavy atom. The Bertz CT molecular complexity index is 987. The van der Waals surface area contributed by atoms with Gasteiger partial charge in [0.2, 0.25) is 5.44 Å². The van der Waals surface area contributed by atoms with Crippen molar-refractivity contribution < 1.29 is 0 Å². The maximum absolute atomic E-state index is 5.27. The summed E-state index contributed by atoms with van der Waals surface area (Å²) in [6.45, 7) is 6.66. The summed E-state index contributed by atoms with van der Waals surface area (Å²) in [5.41, 5.74) is 1.10. The molecule has 29 heavy (non-hydrogen) atoms. The number of aromatic nitrogens is 1. The third-order valence-electron chi connectivity index (χ3n) is 4.98. The van der Waals surface area contributed by atoms with Gasteiger partial charge in [0.15, 0.2) is 7.26 Å². The number of hydrogen-bond acceptors (Lipinski definition) is 3. The molecule has 0 fully saturated rings. The molecule has 0 atom stereocenters. The van der Waals surface area contributed by atoms with Gasteiger partial charge in [-0.1, -0.05) is 75.4 Å². The third-order valence-corrected chi connectivity index (χ3v) is 11.3. The van der Waals surface area contributed by atoms with E-state index in [-0.39, 0.29) is 5.41 Å². The van der Waals surface area contributed by atoms with E-state index in [1.807, 2.05) is 0 Å². The Morgan fingerprint density at radius 2 is 1.07 bits per heavy atom. The predicted octanol–water partition coefficient (Wildman–Crippen LogP) is 5.35. The Labute approximate surface area is 183 Å². The summed E-state index contributed by atoms with van der Waals surface area (Å²) in [6.07, 6.45) is 0. The molecule has 0 bridgehead atoms. The molecule has 0 unspecified atom stereocenters. The lowest BCUT2D eigenvalue weighted by Crippen LogP contribution is -2.40. The summed E-state index contributed by atoms with van der Waals surface area (Å²) < 4.78 is 1.01. The lowest BCUT2D eigenvalue weighted by molar-refractivity contribution is 0.586. The van der Waals surface area contributed by atoms with Crippen LogP contribution < -0.4 is 21.3 Å². The van der Waals surface area contributed by atoms with Crippen LogP contribution in [0.5, 0.6) is 0 Å². The summed E-state index contributed by atoms with van der Waals surface area (Å²) in [5, 5.41) is 5.04. The molecule has 0 spiro atoms. The van der Waals surface area contributed by atoms with Crippen molar-refractivity contribution in [2.45, 2.75) is 30.4 Å². The highest BCUT2D eigenvalue weighted by Gasteiger charge is 2.51. The van der Waals surface area contributed by atoms with E-state index >= 15 is 0 Å². The van der Waals surface area contributed by atoms with Gasteiger partial charge >= 0.3 is 0 Å². The first-order valence-corrected chi connectivity index (χ1v) is 12.8. The molecule has 0 aliphatic rings. The summed E-state index contributed by atoms with van der Waals surface area (Å²) in [4.78, 5) is 5.27. The lowest BCUT2D eigenvalue weighted by Gasteiger charge is -2.26. The highest BCUT2D eigenvalue weighted by molar-refractivity contribution is 8.02. The zero-order chi connectivity index (χ0) is 20.5. The van der Waals surface area contributed by atoms with Crippen LogP contribution in [0.1, 0.15) is 25.8 Å². The molecule has 4 rings (SSSR count). The molecule has 3 aromatic carbocycles. The highest BCUT2D eigenvalue weighted by Crippen LogP contribution is 2.56. The van der Waals surface area contributed by atoms with Crippen LogP contribution in [0.3, 0.4) is 0 Å². The van der Waals surface area contributed by atoms with Gasteiger partial charge < -0.3 is 0 Å². The van der Waals surface area contributed by atoms with Gasteiger partial charge in [0.25, 0.3) is 0 Å². The van der Waals surface area contributed by atoms with Crippen LogP contribution in [0, 0.1) is 0 Å². The predicted molar refractivity (Wildman–Crippen MR) is 133 cm³/mol. The fourth-order valence-electron chi connectivity index (χ4n) is 3.61. The second-order valence-corrected chi connectivity index (χ2v) is 13.1. The topological polar surface area (TPSA) is 12.9 Å². The normalized spacial score (nSPS) is 12.1. The van der Waals surface area contributed by atoms with Crippen LogP contribution in [-0.2, 0) is 5.41 Å². The molecule has 0 amide bonds. The fourth-order valence-corrected chi connectivity index (χ4v) is 9.77. The van der Waals surface area contributed by atoms with Crippen molar-refractivity contribution in [1.82, 2.24) is 4.98 Å². The molecule has 4 aromatic rings. The number of hydrogen-bond donors (Lipinski definition) is 1. The van der Waals surface area contributed by atoms with Crippen molar-refractivity contribution in [3.8, 4) is 0 Å². The fraction of sp³-hybridized carbons (Fsp3) is 0.160. The molecule has 1 heterocycles. The van der Waals surface area contributed by atoms with Crippen LogP contribution in [0.15, 0.2) is 95.2 Å². The van der Waals surface area contributed by atoms with Crippen molar-refractivity contribution in [2.75, 3.05) is 0 Å². The third kappa shape index (κ3) is 3.68. The lowest BCUT2D eigenvalue weighted by atomic mass is 9.98. The molecule has 1 aromatic heterocycles. The van der Waals surface area contributed by atoms with Crippen molar-refractivity contribution in [3.63, 3.8) is 0 Å². The Morgan fingerprint density at radius 3 is 1.38 bits per heavy atom. The molecule has 0 saturated heterocycles. The van der Waals surface area contributed by atoms with E-state index in [4.69, 9.17) is 17.6 Å². The molecule has 0 saturated carbocycles. The van der Waals surface area contributed by atoms with Gasteiger partial charge in [-0.05, 0) is 36.4 Å². The standard InChI is InChI=1S/C25H24NPS2/c1-25(2,3)24-26-22(23(28)29-24)27(19-13-7-4-8-14-19,20-15-9-5-10-16-20)21-17-11-6-12-18-21/h4-18H,1-3H3/p+1. The zero-order valence-electron chi connectivity index (χ0n) is 16.9. The SMILES string of the molecule is CC(C)(C)c1nc([P+](c2ccccc2)(c2ccccc2)c2ccccc2)c(S)s1. The first kappa shape index (κ1) is 20.3. The number of benzene rings is 3. The van der Waals surface area contributed by atoms with Crippen LogP contribution in [0.25, 0.3) is 0 Å². The second-order valence-electron chi connectivity index (χ2n) is 8.08. The molecule has 1 nitrogen and oxygen atoms in total. The molecule has 4 heteroatoms. The largest absolute Gasteiger partial charge is 0.222 e. The highest BCUT2D eigenvalue weighted by atomic mass is 32.2. The Hall–Kier alpha value is -1.93. The van der Waals surface area contributed by atoms with Crippen LogP contribution >= 0.6 is 31.2 Å². The zero-order valence-corrected chi connectivity index (χ0v) is 19.5. The van der Waals surface area contributed by atoms with Crippen LogP contribution in [0.4, 0.5) is 0 Å². The first-order chi connectivity index (χ1) is 13.9. The van der Waals surface area contributed by atoms with Crippen LogP contribution in [0.2, 0.25) is 0 Å². The van der Waals surface area contributed by atoms with E-state index in [0.717, 1.165) is 14.7 Å². The molecule has 146 valence electrons. The van der Waals surface area contributed by atoms with Gasteiger partial charge in [0.1, 0.15) is 25.1 Å². The van der Waals surface area contributed by atoms with E-state index in [1.165, 1.54) is 15.9 Å². The van der Waals surface area contributed by atoms with Gasteiger partial charge in [-0.25, -0.2) is 4.98 Å². The molecule has 0 aliphatic carbocycles. The van der Waals surface area contributed by atoms with E-state index in [2.05, 4.69) is 112 Å². The van der Waals surface area contributed by atoms with Gasteiger partial charge in [0.05, 0.1) is 0 Å². The number of thiol groups is 1. The average molecular weight is 435 g/mol. The van der Waals surface area contributed by atoms with Gasteiger partial charge in [-0.3, -0.25) is 0 Å². The van der Waals surface area contributed by atoms with Gasteiger partial charge in [-0.15, -0.1) is 24.0 Å². The van der Waals surface area contributed by atoms with E-state index in [9.17, 15) is 0 Å². The van der Waals surface area contributed by atoms with Gasteiger partial charge in [0, 0.05) is 5.41 Å². The van der Waals surface area contributed by atoms with Crippen molar-refractivity contribution in [1.29, 1.82) is 0 Å².